The van der Waals surface area contributed by atoms with E-state index in [4.69, 9.17) is 0 Å². The smallest absolute Gasteiger partial charge is 0.129 e. The first-order valence-corrected chi connectivity index (χ1v) is 6.83. The lowest BCUT2D eigenvalue weighted by Crippen LogP contribution is -2.34. The molecular formula is C13H19BrN2. The molecule has 88 valence electrons. The molecular weight excluding hydrogens is 264 g/mol. The highest BCUT2D eigenvalue weighted by molar-refractivity contribution is 9.10. The fourth-order valence-electron chi connectivity index (χ4n) is 2.55. The van der Waals surface area contributed by atoms with Gasteiger partial charge in [-0.1, -0.05) is 6.92 Å². The standard InChI is InChI=1S/C13H19BrN2/c1-4-11-6-5-10(3)16(11)13-7-9(2)12(14)8-15-13/h7-8,10-11H,4-6H2,1-3H3. The lowest BCUT2D eigenvalue weighted by Gasteiger charge is -2.29. The number of rotatable bonds is 2. The molecule has 16 heavy (non-hydrogen) atoms. The molecule has 0 spiro atoms. The maximum Gasteiger partial charge on any atom is 0.129 e. The van der Waals surface area contributed by atoms with Gasteiger partial charge >= 0.3 is 0 Å². The second-order valence-electron chi connectivity index (χ2n) is 4.69. The van der Waals surface area contributed by atoms with E-state index in [1.54, 1.807) is 0 Å². The largest absolute Gasteiger partial charge is 0.351 e. The van der Waals surface area contributed by atoms with Crippen molar-refractivity contribution in [2.75, 3.05) is 4.90 Å². The summed E-state index contributed by atoms with van der Waals surface area (Å²) in [5, 5.41) is 0. The van der Waals surface area contributed by atoms with Crippen molar-refractivity contribution in [3.05, 3.63) is 22.3 Å². The van der Waals surface area contributed by atoms with Gasteiger partial charge in [-0.15, -0.1) is 0 Å². The van der Waals surface area contributed by atoms with Crippen molar-refractivity contribution >= 4 is 21.7 Å². The van der Waals surface area contributed by atoms with Gasteiger partial charge in [-0.3, -0.25) is 0 Å². The van der Waals surface area contributed by atoms with Crippen molar-refractivity contribution in [3.8, 4) is 0 Å². The normalized spacial score (nSPS) is 25.1. The highest BCUT2D eigenvalue weighted by Gasteiger charge is 2.30. The third-order valence-electron chi connectivity index (χ3n) is 3.55. The van der Waals surface area contributed by atoms with E-state index in [9.17, 15) is 0 Å². The van der Waals surface area contributed by atoms with Gasteiger partial charge in [0, 0.05) is 22.8 Å². The third kappa shape index (κ3) is 2.10. The monoisotopic (exact) mass is 282 g/mol. The van der Waals surface area contributed by atoms with E-state index in [-0.39, 0.29) is 0 Å². The Bertz CT molecular complexity index is 378. The summed E-state index contributed by atoms with van der Waals surface area (Å²) >= 11 is 3.50. The van der Waals surface area contributed by atoms with Crippen molar-refractivity contribution in [3.63, 3.8) is 0 Å². The van der Waals surface area contributed by atoms with Crippen LogP contribution in [0.3, 0.4) is 0 Å². The summed E-state index contributed by atoms with van der Waals surface area (Å²) in [4.78, 5) is 7.03. The molecule has 0 amide bonds. The van der Waals surface area contributed by atoms with Crippen LogP contribution >= 0.6 is 15.9 Å². The SMILES string of the molecule is CCC1CCC(C)N1c1cc(C)c(Br)cn1. The fourth-order valence-corrected chi connectivity index (χ4v) is 2.77. The lowest BCUT2D eigenvalue weighted by molar-refractivity contribution is 0.621. The Morgan fingerprint density at radius 1 is 1.50 bits per heavy atom. The van der Waals surface area contributed by atoms with Crippen molar-refractivity contribution in [2.24, 2.45) is 0 Å². The highest BCUT2D eigenvalue weighted by Crippen LogP contribution is 2.31. The minimum absolute atomic E-state index is 0.623. The van der Waals surface area contributed by atoms with E-state index in [1.165, 1.54) is 24.8 Å². The van der Waals surface area contributed by atoms with Crippen LogP contribution < -0.4 is 4.90 Å². The minimum Gasteiger partial charge on any atom is -0.351 e. The molecule has 0 radical (unpaired) electrons. The first-order chi connectivity index (χ1) is 7.63. The van der Waals surface area contributed by atoms with Gasteiger partial charge in [0.2, 0.25) is 0 Å². The average molecular weight is 283 g/mol. The van der Waals surface area contributed by atoms with Crippen LogP contribution in [0.1, 0.15) is 38.7 Å². The minimum atomic E-state index is 0.623. The van der Waals surface area contributed by atoms with Crippen molar-refractivity contribution in [1.29, 1.82) is 0 Å². The summed E-state index contributed by atoms with van der Waals surface area (Å²) in [6, 6.07) is 3.48. The molecule has 0 aliphatic carbocycles. The molecule has 1 saturated heterocycles. The van der Waals surface area contributed by atoms with Crippen molar-refractivity contribution in [1.82, 2.24) is 4.98 Å². The zero-order valence-corrected chi connectivity index (χ0v) is 11.8. The van der Waals surface area contributed by atoms with Crippen LogP contribution in [0, 0.1) is 6.92 Å². The summed E-state index contributed by atoms with van der Waals surface area (Å²) in [6.45, 7) is 6.69. The van der Waals surface area contributed by atoms with E-state index in [0.717, 1.165) is 10.3 Å². The van der Waals surface area contributed by atoms with Crippen LogP contribution in [0.5, 0.6) is 0 Å². The molecule has 1 aliphatic heterocycles. The number of hydrogen-bond acceptors (Lipinski definition) is 2. The second kappa shape index (κ2) is 4.74. The van der Waals surface area contributed by atoms with Gasteiger partial charge in [-0.2, -0.15) is 0 Å². The van der Waals surface area contributed by atoms with Crippen LogP contribution in [0.2, 0.25) is 0 Å². The van der Waals surface area contributed by atoms with E-state index < -0.39 is 0 Å². The maximum atomic E-state index is 4.55. The first kappa shape index (κ1) is 11.9. The highest BCUT2D eigenvalue weighted by atomic mass is 79.9. The van der Waals surface area contributed by atoms with Crippen LogP contribution in [0.4, 0.5) is 5.82 Å². The van der Waals surface area contributed by atoms with E-state index in [1.807, 2.05) is 6.20 Å². The molecule has 2 unspecified atom stereocenters. The molecule has 0 N–H and O–H groups in total. The summed E-state index contributed by atoms with van der Waals surface area (Å²) in [5.74, 6) is 1.14. The summed E-state index contributed by atoms with van der Waals surface area (Å²) < 4.78 is 1.09. The van der Waals surface area contributed by atoms with Crippen molar-refractivity contribution in [2.45, 2.75) is 52.1 Å². The number of anilines is 1. The lowest BCUT2D eigenvalue weighted by atomic mass is 10.1. The number of nitrogens with zero attached hydrogens (tertiary/aromatic N) is 2. The molecule has 1 fully saturated rings. The topological polar surface area (TPSA) is 16.1 Å². The van der Waals surface area contributed by atoms with E-state index in [0.29, 0.717) is 12.1 Å². The third-order valence-corrected chi connectivity index (χ3v) is 4.38. The van der Waals surface area contributed by atoms with Gasteiger partial charge < -0.3 is 4.90 Å². The molecule has 2 rings (SSSR count). The van der Waals surface area contributed by atoms with Gasteiger partial charge in [0.05, 0.1) is 0 Å². The molecule has 0 bridgehead atoms. The summed E-state index contributed by atoms with van der Waals surface area (Å²) in [5.41, 5.74) is 1.26. The van der Waals surface area contributed by atoms with Crippen LogP contribution in [0.15, 0.2) is 16.7 Å². The molecule has 0 aromatic carbocycles. The zero-order chi connectivity index (χ0) is 11.7. The Morgan fingerprint density at radius 2 is 2.25 bits per heavy atom. The molecule has 2 nitrogen and oxygen atoms in total. The van der Waals surface area contributed by atoms with Crippen LogP contribution in [-0.4, -0.2) is 17.1 Å². The van der Waals surface area contributed by atoms with Crippen LogP contribution in [0.25, 0.3) is 0 Å². The van der Waals surface area contributed by atoms with Gasteiger partial charge in [0.25, 0.3) is 0 Å². The molecule has 0 saturated carbocycles. The molecule has 1 aromatic rings. The van der Waals surface area contributed by atoms with Crippen molar-refractivity contribution < 1.29 is 0 Å². The predicted octanol–water partition coefficient (Wildman–Crippen LogP) is 3.92. The van der Waals surface area contributed by atoms with Gasteiger partial charge in [-0.25, -0.2) is 4.98 Å². The number of aromatic nitrogens is 1. The Morgan fingerprint density at radius 3 is 2.88 bits per heavy atom. The summed E-state index contributed by atoms with van der Waals surface area (Å²) in [6.07, 6.45) is 5.72. The first-order valence-electron chi connectivity index (χ1n) is 6.04. The Labute approximate surface area is 106 Å². The van der Waals surface area contributed by atoms with Gasteiger partial charge in [0.1, 0.15) is 5.82 Å². The molecule has 1 aromatic heterocycles. The van der Waals surface area contributed by atoms with Crippen LogP contribution in [-0.2, 0) is 0 Å². The molecule has 2 heterocycles. The Kier molecular flexibility index (Phi) is 3.53. The average Bonchev–Trinajstić information content (AvgIpc) is 2.64. The quantitative estimate of drug-likeness (QED) is 0.817. The van der Waals surface area contributed by atoms with Gasteiger partial charge in [0.15, 0.2) is 0 Å². The Balaban J connectivity index is 2.31. The zero-order valence-electron chi connectivity index (χ0n) is 10.2. The summed E-state index contributed by atoms with van der Waals surface area (Å²) in [7, 11) is 0. The van der Waals surface area contributed by atoms with E-state index >= 15 is 0 Å². The molecule has 1 aliphatic rings. The molecule has 2 atom stereocenters. The number of aryl methyl sites for hydroxylation is 1. The molecule has 3 heteroatoms. The van der Waals surface area contributed by atoms with E-state index in [2.05, 4.69) is 52.7 Å². The van der Waals surface area contributed by atoms with Gasteiger partial charge in [-0.05, 0) is 60.7 Å². The predicted molar refractivity (Wildman–Crippen MR) is 71.9 cm³/mol. The fraction of sp³-hybridized carbons (Fsp3) is 0.615. The maximum absolute atomic E-state index is 4.55. The number of halogens is 1. The second-order valence-corrected chi connectivity index (χ2v) is 5.54. The number of hydrogen-bond donors (Lipinski definition) is 0. The Hall–Kier alpha value is -0.570. The number of pyridine rings is 1.